The van der Waals surface area contributed by atoms with Crippen molar-refractivity contribution in [2.75, 3.05) is 0 Å². The SMILES string of the molecule is CC(=O)C(=N)C(=O)/C(C)=C\N=C1C=C(C(F)(F)F)C=C[CH+]1. The summed E-state index contributed by atoms with van der Waals surface area (Å²) in [6.07, 6.45) is 0.854. The third-order valence-electron chi connectivity index (χ3n) is 2.52. The predicted octanol–water partition coefficient (Wildman–Crippen LogP) is 2.77. The topological polar surface area (TPSA) is 70.3 Å². The van der Waals surface area contributed by atoms with Crippen molar-refractivity contribution in [2.45, 2.75) is 20.0 Å². The molecule has 0 spiro atoms. The van der Waals surface area contributed by atoms with Crippen LogP contribution < -0.4 is 0 Å². The molecule has 0 saturated carbocycles. The summed E-state index contributed by atoms with van der Waals surface area (Å²) in [5, 5.41) is 7.25. The van der Waals surface area contributed by atoms with Crippen molar-refractivity contribution in [3.63, 3.8) is 0 Å². The van der Waals surface area contributed by atoms with Gasteiger partial charge in [0.1, 0.15) is 5.71 Å². The van der Waals surface area contributed by atoms with Gasteiger partial charge in [0.15, 0.2) is 17.1 Å². The van der Waals surface area contributed by atoms with Gasteiger partial charge in [0, 0.05) is 18.7 Å². The number of allylic oxidation sites excluding steroid dienone is 5. The van der Waals surface area contributed by atoms with Gasteiger partial charge < -0.3 is 0 Å². The molecule has 0 saturated heterocycles. The van der Waals surface area contributed by atoms with Gasteiger partial charge in [-0.05, 0) is 6.92 Å². The highest BCUT2D eigenvalue weighted by atomic mass is 19.4. The van der Waals surface area contributed by atoms with E-state index in [0.717, 1.165) is 25.3 Å². The molecule has 1 aliphatic rings. The van der Waals surface area contributed by atoms with Crippen molar-refractivity contribution in [1.82, 2.24) is 0 Å². The molecule has 1 aliphatic carbocycles. The molecule has 0 radical (unpaired) electrons. The molecule has 21 heavy (non-hydrogen) atoms. The number of aliphatic imine (C=N–C) groups is 1. The third-order valence-corrected chi connectivity index (χ3v) is 2.52. The molecular formula is C14H12F3N2O2+. The Balaban J connectivity index is 2.95. The second-order valence-electron chi connectivity index (χ2n) is 4.25. The van der Waals surface area contributed by atoms with Crippen LogP contribution in [0.15, 0.2) is 40.6 Å². The van der Waals surface area contributed by atoms with Gasteiger partial charge in [-0.2, -0.15) is 13.2 Å². The van der Waals surface area contributed by atoms with Gasteiger partial charge >= 0.3 is 6.18 Å². The van der Waals surface area contributed by atoms with Gasteiger partial charge in [0.25, 0.3) is 0 Å². The Morgan fingerprint density at radius 3 is 2.48 bits per heavy atom. The summed E-state index contributed by atoms with van der Waals surface area (Å²) in [6, 6.07) is 0. The van der Waals surface area contributed by atoms with Crippen molar-refractivity contribution in [3.8, 4) is 0 Å². The van der Waals surface area contributed by atoms with Crippen LogP contribution in [0.3, 0.4) is 0 Å². The van der Waals surface area contributed by atoms with E-state index in [1.807, 2.05) is 0 Å². The first kappa shape index (κ1) is 16.6. The van der Waals surface area contributed by atoms with Crippen LogP contribution in [0.4, 0.5) is 13.2 Å². The summed E-state index contributed by atoms with van der Waals surface area (Å²) < 4.78 is 37.5. The molecule has 0 aliphatic heterocycles. The van der Waals surface area contributed by atoms with Gasteiger partial charge in [0.05, 0.1) is 24.6 Å². The average Bonchev–Trinajstić information content (AvgIpc) is 2.42. The van der Waals surface area contributed by atoms with Crippen molar-refractivity contribution in [1.29, 1.82) is 5.41 Å². The van der Waals surface area contributed by atoms with Crippen molar-refractivity contribution >= 4 is 23.0 Å². The quantitative estimate of drug-likeness (QED) is 0.375. The van der Waals surface area contributed by atoms with E-state index in [9.17, 15) is 22.8 Å². The lowest BCUT2D eigenvalue weighted by molar-refractivity contribution is -0.114. The smallest absolute Gasteiger partial charge is 0.294 e. The van der Waals surface area contributed by atoms with E-state index in [0.29, 0.717) is 0 Å². The zero-order valence-electron chi connectivity index (χ0n) is 11.3. The Morgan fingerprint density at radius 2 is 1.95 bits per heavy atom. The second kappa shape index (κ2) is 6.34. The van der Waals surface area contributed by atoms with Crippen molar-refractivity contribution in [2.24, 2.45) is 4.99 Å². The van der Waals surface area contributed by atoms with Gasteiger partial charge in [-0.3, -0.25) is 15.0 Å². The number of halogens is 3. The van der Waals surface area contributed by atoms with Crippen LogP contribution in [0.5, 0.6) is 0 Å². The number of hydrogen-bond acceptors (Lipinski definition) is 4. The second-order valence-corrected chi connectivity index (χ2v) is 4.25. The molecule has 0 fully saturated rings. The third kappa shape index (κ3) is 4.55. The van der Waals surface area contributed by atoms with Crippen LogP contribution in [0.2, 0.25) is 0 Å². The van der Waals surface area contributed by atoms with Crippen molar-refractivity contribution in [3.05, 3.63) is 42.0 Å². The Bertz CT molecular complexity index is 608. The summed E-state index contributed by atoms with van der Waals surface area (Å²) in [7, 11) is 0. The predicted molar refractivity (Wildman–Crippen MR) is 72.2 cm³/mol. The van der Waals surface area contributed by atoms with E-state index in [4.69, 9.17) is 5.41 Å². The lowest BCUT2D eigenvalue weighted by Crippen LogP contribution is -2.21. The average molecular weight is 297 g/mol. The highest BCUT2D eigenvalue weighted by Crippen LogP contribution is 2.28. The standard InChI is InChI=1S/C14H12F3N2O2/c1-8(13(21)12(18)9(2)20)7-19-11-5-3-4-10(6-11)14(15,16)17/h3-7,18H,1-2H3/q+1/b8-7-,18-12?,19-11?. The fourth-order valence-corrected chi connectivity index (χ4v) is 1.35. The highest BCUT2D eigenvalue weighted by molar-refractivity contribution is 6.67. The first-order chi connectivity index (χ1) is 9.62. The lowest BCUT2D eigenvalue weighted by atomic mass is 10.0. The fraction of sp³-hybridized carbons (Fsp3) is 0.214. The Kier molecular flexibility index (Phi) is 5.02. The summed E-state index contributed by atoms with van der Waals surface area (Å²) in [5.74, 6) is -1.50. The molecule has 0 aromatic rings. The number of carbonyl (C=O) groups is 2. The number of alkyl halides is 3. The van der Waals surface area contributed by atoms with Gasteiger partial charge in [-0.1, -0.05) is 0 Å². The van der Waals surface area contributed by atoms with Crippen LogP contribution >= 0.6 is 0 Å². The minimum Gasteiger partial charge on any atom is -0.294 e. The van der Waals surface area contributed by atoms with Crippen molar-refractivity contribution < 1.29 is 22.8 Å². The van der Waals surface area contributed by atoms with Crippen LogP contribution in [0.1, 0.15) is 13.8 Å². The molecule has 0 aromatic carbocycles. The molecule has 1 N–H and O–H groups in total. The summed E-state index contributed by atoms with van der Waals surface area (Å²) in [6.45, 7) is 2.41. The van der Waals surface area contributed by atoms with Crippen LogP contribution in [-0.4, -0.2) is 29.2 Å². The zero-order chi connectivity index (χ0) is 16.2. The molecule has 0 atom stereocenters. The summed E-state index contributed by atoms with van der Waals surface area (Å²) >= 11 is 0. The van der Waals surface area contributed by atoms with Crippen LogP contribution in [0.25, 0.3) is 0 Å². The van der Waals surface area contributed by atoms with Crippen LogP contribution in [-0.2, 0) is 9.59 Å². The van der Waals surface area contributed by atoms with E-state index in [2.05, 4.69) is 4.99 Å². The molecule has 110 valence electrons. The minimum absolute atomic E-state index is 0.00684. The molecule has 1 rings (SSSR count). The molecule has 0 heterocycles. The number of ketones is 2. The molecule has 0 bridgehead atoms. The lowest BCUT2D eigenvalue weighted by Gasteiger charge is -2.05. The molecule has 0 amide bonds. The van der Waals surface area contributed by atoms with E-state index in [-0.39, 0.29) is 11.3 Å². The number of nitrogens with zero attached hydrogens (tertiary/aromatic N) is 1. The number of carbonyl (C=O) groups excluding carboxylic acids is 2. The van der Waals surface area contributed by atoms with Gasteiger partial charge in [-0.15, -0.1) is 0 Å². The van der Waals surface area contributed by atoms with E-state index in [1.54, 1.807) is 0 Å². The van der Waals surface area contributed by atoms with E-state index >= 15 is 0 Å². The van der Waals surface area contributed by atoms with E-state index in [1.165, 1.54) is 19.4 Å². The molecule has 0 unspecified atom stereocenters. The number of Topliss-reactive ketones (excluding diaryl/α,β-unsaturated/α-hetero) is 2. The Morgan fingerprint density at radius 1 is 1.33 bits per heavy atom. The maximum Gasteiger partial charge on any atom is 0.441 e. The Labute approximate surface area is 119 Å². The molecule has 7 heteroatoms. The van der Waals surface area contributed by atoms with Crippen LogP contribution in [0, 0.1) is 11.8 Å². The summed E-state index contributed by atoms with van der Waals surface area (Å²) in [4.78, 5) is 26.2. The molecule has 4 nitrogen and oxygen atoms in total. The highest BCUT2D eigenvalue weighted by Gasteiger charge is 2.38. The first-order valence-corrected chi connectivity index (χ1v) is 5.82. The van der Waals surface area contributed by atoms with Gasteiger partial charge in [0.2, 0.25) is 5.78 Å². The monoisotopic (exact) mass is 297 g/mol. The fourth-order valence-electron chi connectivity index (χ4n) is 1.35. The summed E-state index contributed by atoms with van der Waals surface area (Å²) in [5.41, 5.74) is -1.53. The number of hydrogen-bond donors (Lipinski definition) is 1. The first-order valence-electron chi connectivity index (χ1n) is 5.82. The maximum atomic E-state index is 12.5. The van der Waals surface area contributed by atoms with E-state index < -0.39 is 29.0 Å². The normalized spacial score (nSPS) is 17.3. The maximum absolute atomic E-state index is 12.5. The Hall–Kier alpha value is -2.44. The number of rotatable bonds is 4. The molecular weight excluding hydrogens is 285 g/mol. The number of nitrogens with one attached hydrogen (secondary N) is 1. The molecule has 0 aromatic heterocycles. The zero-order valence-corrected chi connectivity index (χ0v) is 11.3. The minimum atomic E-state index is -4.48. The van der Waals surface area contributed by atoms with Gasteiger partial charge in [-0.25, -0.2) is 4.99 Å². The largest absolute Gasteiger partial charge is 0.441 e.